The number of hydrogen-bond acceptors (Lipinski definition) is 1. The van der Waals surface area contributed by atoms with E-state index in [1.165, 1.54) is 11.1 Å². The van der Waals surface area contributed by atoms with E-state index in [9.17, 15) is 0 Å². The molecule has 0 aromatic carbocycles. The summed E-state index contributed by atoms with van der Waals surface area (Å²) in [5.41, 5.74) is 2.85. The average molecular weight is 106 g/mol. The van der Waals surface area contributed by atoms with Gasteiger partial charge in [-0.2, -0.15) is 0 Å². The van der Waals surface area contributed by atoms with Crippen LogP contribution >= 0.6 is 0 Å². The van der Waals surface area contributed by atoms with Crippen LogP contribution in [0, 0.1) is 0 Å². The van der Waals surface area contributed by atoms with Crippen molar-refractivity contribution in [2.24, 2.45) is 0 Å². The normalized spacial score (nSPS) is 9.00. The molecule has 0 spiro atoms. The van der Waals surface area contributed by atoms with Gasteiger partial charge in [0.15, 0.2) is 0 Å². The first-order valence-electron chi connectivity index (χ1n) is 2.36. The van der Waals surface area contributed by atoms with E-state index in [1.807, 2.05) is 6.79 Å². The van der Waals surface area contributed by atoms with Gasteiger partial charge in [-0.05, 0) is 11.1 Å². The van der Waals surface area contributed by atoms with Crippen molar-refractivity contribution >= 4 is 6.79 Å². The van der Waals surface area contributed by atoms with Crippen LogP contribution in [0.3, 0.4) is 0 Å². The highest BCUT2D eigenvalue weighted by atomic mass is 16.1. The van der Waals surface area contributed by atoms with E-state index in [2.05, 4.69) is 24.3 Å². The highest BCUT2D eigenvalue weighted by molar-refractivity contribution is 5.75. The number of carbonyl (C=O) groups excluding carboxylic acids is 1. The zero-order chi connectivity index (χ0) is 5.98. The van der Waals surface area contributed by atoms with Crippen molar-refractivity contribution in [2.45, 2.75) is 0 Å². The largest absolute Gasteiger partial charge is 0.307 e. The number of carbonyl (C=O) groups is 1. The highest BCUT2D eigenvalue weighted by Crippen LogP contribution is 2.29. The Morgan fingerprint density at radius 2 is 1.12 bits per heavy atom. The monoisotopic (exact) mass is 106 g/mol. The lowest BCUT2D eigenvalue weighted by atomic mass is 9.95. The van der Waals surface area contributed by atoms with Crippen LogP contribution in [0.4, 0.5) is 0 Å². The van der Waals surface area contributed by atoms with E-state index in [0.717, 1.165) is 0 Å². The van der Waals surface area contributed by atoms with Crippen molar-refractivity contribution in [2.75, 3.05) is 0 Å². The molecular weight excluding hydrogens is 100 g/mol. The Morgan fingerprint density at radius 1 is 0.875 bits per heavy atom. The highest BCUT2D eigenvalue weighted by Gasteiger charge is 2.03. The predicted molar refractivity (Wildman–Crippen MR) is 32.6 cm³/mol. The molecule has 0 radical (unpaired) electrons. The van der Waals surface area contributed by atoms with E-state index in [-0.39, 0.29) is 0 Å². The Labute approximate surface area is 48.0 Å². The Kier molecular flexibility index (Phi) is 1.12. The molecule has 2 rings (SSSR count). The molecule has 2 aliphatic carbocycles. The zero-order valence-corrected chi connectivity index (χ0v) is 4.42. The molecular formula is C7H6O. The number of rotatable bonds is 0. The molecule has 0 bridgehead atoms. The summed E-state index contributed by atoms with van der Waals surface area (Å²) < 4.78 is 0. The first-order valence-corrected chi connectivity index (χ1v) is 2.36. The fraction of sp³-hybridized carbons (Fsp3) is 0. The van der Waals surface area contributed by atoms with Crippen LogP contribution in [0.15, 0.2) is 24.3 Å². The van der Waals surface area contributed by atoms with Gasteiger partial charge in [0, 0.05) is 0 Å². The summed E-state index contributed by atoms with van der Waals surface area (Å²) in [6.07, 6.45) is 0. The van der Waals surface area contributed by atoms with Gasteiger partial charge < -0.3 is 4.79 Å². The Morgan fingerprint density at radius 3 is 1.12 bits per heavy atom. The molecule has 40 valence electrons. The van der Waals surface area contributed by atoms with E-state index >= 15 is 0 Å². The van der Waals surface area contributed by atoms with E-state index in [4.69, 9.17) is 4.79 Å². The molecule has 0 saturated carbocycles. The van der Waals surface area contributed by atoms with Crippen molar-refractivity contribution in [1.82, 2.24) is 0 Å². The molecule has 0 aromatic heterocycles. The van der Waals surface area contributed by atoms with Crippen LogP contribution < -0.4 is 0 Å². The standard InChI is InChI=1S/C6H4.CH2O/c1-2-6-4-3-5(1)6;1-2/h1-4H;1H2. The van der Waals surface area contributed by atoms with Crippen LogP contribution in [-0.4, -0.2) is 6.79 Å². The van der Waals surface area contributed by atoms with Gasteiger partial charge in [0.05, 0.1) is 0 Å². The molecule has 0 fully saturated rings. The Hall–Kier alpha value is -1.11. The molecule has 8 heavy (non-hydrogen) atoms. The van der Waals surface area contributed by atoms with Gasteiger partial charge in [-0.1, -0.05) is 24.3 Å². The summed E-state index contributed by atoms with van der Waals surface area (Å²) in [6, 6.07) is 8.48. The van der Waals surface area contributed by atoms with Gasteiger partial charge in [-0.3, -0.25) is 0 Å². The average Bonchev–Trinajstić information content (AvgIpc) is 1.83. The second-order valence-corrected chi connectivity index (χ2v) is 1.58. The van der Waals surface area contributed by atoms with Crippen LogP contribution in [-0.2, 0) is 4.79 Å². The quantitative estimate of drug-likeness (QED) is 0.497. The molecule has 0 N–H and O–H groups in total. The molecule has 0 aliphatic heterocycles. The minimum absolute atomic E-state index is 1.43. The molecule has 0 saturated heterocycles. The van der Waals surface area contributed by atoms with E-state index in [0.29, 0.717) is 0 Å². The first-order chi connectivity index (χ1) is 3.97. The summed E-state index contributed by atoms with van der Waals surface area (Å²) in [7, 11) is 0. The Bertz CT molecular complexity index is 155. The molecule has 0 heterocycles. The maximum absolute atomic E-state index is 8.00. The van der Waals surface area contributed by atoms with Gasteiger partial charge in [0.2, 0.25) is 0 Å². The summed E-state index contributed by atoms with van der Waals surface area (Å²) in [5.74, 6) is 0. The number of fused-ring (bicyclic) bond motifs is 1. The minimum Gasteiger partial charge on any atom is -0.307 e. The van der Waals surface area contributed by atoms with Gasteiger partial charge >= 0.3 is 0 Å². The number of hydrogen-bond donors (Lipinski definition) is 0. The van der Waals surface area contributed by atoms with Crippen molar-refractivity contribution in [3.05, 3.63) is 24.3 Å². The van der Waals surface area contributed by atoms with Gasteiger partial charge in [0.1, 0.15) is 6.79 Å². The van der Waals surface area contributed by atoms with Crippen LogP contribution in [0.2, 0.25) is 0 Å². The van der Waals surface area contributed by atoms with E-state index < -0.39 is 0 Å². The first kappa shape index (κ1) is 5.04. The fourth-order valence-electron chi connectivity index (χ4n) is 0.663. The smallest absolute Gasteiger partial charge is 0.106 e. The van der Waals surface area contributed by atoms with Crippen LogP contribution in [0.25, 0.3) is 11.1 Å². The van der Waals surface area contributed by atoms with Crippen molar-refractivity contribution in [3.8, 4) is 11.1 Å². The molecule has 0 amide bonds. The van der Waals surface area contributed by atoms with Crippen molar-refractivity contribution in [3.63, 3.8) is 0 Å². The molecule has 0 aromatic rings. The third-order valence-electron chi connectivity index (χ3n) is 1.22. The van der Waals surface area contributed by atoms with Crippen LogP contribution in [0.5, 0.6) is 0 Å². The lowest BCUT2D eigenvalue weighted by Gasteiger charge is -2.10. The van der Waals surface area contributed by atoms with Crippen LogP contribution in [0.1, 0.15) is 0 Å². The topological polar surface area (TPSA) is 17.1 Å². The predicted octanol–water partition coefficient (Wildman–Crippen LogP) is 1.48. The van der Waals surface area contributed by atoms with Crippen molar-refractivity contribution < 1.29 is 4.79 Å². The van der Waals surface area contributed by atoms with Crippen molar-refractivity contribution in [1.29, 1.82) is 0 Å². The molecule has 0 atom stereocenters. The second-order valence-electron chi connectivity index (χ2n) is 1.58. The molecule has 1 heteroatoms. The van der Waals surface area contributed by atoms with Gasteiger partial charge in [-0.15, -0.1) is 0 Å². The second kappa shape index (κ2) is 1.78. The summed E-state index contributed by atoms with van der Waals surface area (Å²) >= 11 is 0. The lowest BCUT2D eigenvalue weighted by Crippen LogP contribution is -1.85. The minimum atomic E-state index is 1.43. The fourth-order valence-corrected chi connectivity index (χ4v) is 0.663. The summed E-state index contributed by atoms with van der Waals surface area (Å²) in [5, 5.41) is 0. The summed E-state index contributed by atoms with van der Waals surface area (Å²) in [4.78, 5) is 8.00. The third-order valence-corrected chi connectivity index (χ3v) is 1.22. The van der Waals surface area contributed by atoms with E-state index in [1.54, 1.807) is 0 Å². The number of benzene rings is 1. The Balaban J connectivity index is 0.000000147. The zero-order valence-electron chi connectivity index (χ0n) is 4.42. The lowest BCUT2D eigenvalue weighted by molar-refractivity contribution is -0.0979. The SMILES string of the molecule is C=O.c1cc2ccc1-2. The maximum atomic E-state index is 8.00. The van der Waals surface area contributed by atoms with Gasteiger partial charge in [-0.25, -0.2) is 0 Å². The summed E-state index contributed by atoms with van der Waals surface area (Å²) in [6.45, 7) is 2.00. The maximum Gasteiger partial charge on any atom is 0.106 e. The molecule has 2 aliphatic rings. The molecule has 0 unspecified atom stereocenters. The van der Waals surface area contributed by atoms with Gasteiger partial charge in [0.25, 0.3) is 0 Å². The third kappa shape index (κ3) is 0.445. The molecule has 1 nitrogen and oxygen atoms in total.